The number of hydrogen-bond acceptors (Lipinski definition) is 3. The predicted octanol–water partition coefficient (Wildman–Crippen LogP) is 1.84. The number of carbonyl (C=O) groups is 2. The number of carboxylic acid groups (broad SMARTS) is 1. The van der Waals surface area contributed by atoms with Crippen LogP contribution in [0, 0.1) is 17.6 Å². The van der Waals surface area contributed by atoms with E-state index in [9.17, 15) is 18.4 Å². The summed E-state index contributed by atoms with van der Waals surface area (Å²) >= 11 is 0. The third kappa shape index (κ3) is 5.42. The number of rotatable bonds is 6. The summed E-state index contributed by atoms with van der Waals surface area (Å²) in [7, 11) is 0. The Morgan fingerprint density at radius 2 is 2.00 bits per heavy atom. The number of nitrogens with zero attached hydrogens (tertiary/aromatic N) is 1. The van der Waals surface area contributed by atoms with Crippen molar-refractivity contribution < 1.29 is 23.5 Å². The maximum Gasteiger partial charge on any atom is 0.307 e. The summed E-state index contributed by atoms with van der Waals surface area (Å²) in [4.78, 5) is 24.6. The van der Waals surface area contributed by atoms with Crippen LogP contribution in [-0.2, 0) is 16.0 Å². The minimum atomic E-state index is -0.851. The molecule has 134 valence electrons. The van der Waals surface area contributed by atoms with E-state index in [1.165, 1.54) is 18.2 Å². The van der Waals surface area contributed by atoms with Crippen molar-refractivity contribution in [2.45, 2.75) is 25.8 Å². The highest BCUT2D eigenvalue weighted by molar-refractivity contribution is 5.85. The molecule has 1 saturated heterocycles. The molecule has 0 aromatic heterocycles. The SMILES string of the molecule is CC(Cc1c(F)cccc1F)NC(=O)CN1CCC(C(=O)O)C1.Cl. The first-order valence-electron chi connectivity index (χ1n) is 7.54. The molecule has 0 aliphatic carbocycles. The Morgan fingerprint density at radius 3 is 2.54 bits per heavy atom. The van der Waals surface area contributed by atoms with Crippen LogP contribution in [-0.4, -0.2) is 47.6 Å². The number of amides is 1. The van der Waals surface area contributed by atoms with Crippen LogP contribution in [0.15, 0.2) is 18.2 Å². The largest absolute Gasteiger partial charge is 0.481 e. The maximum atomic E-state index is 13.6. The Hall–Kier alpha value is -1.73. The van der Waals surface area contributed by atoms with Crippen molar-refractivity contribution in [3.63, 3.8) is 0 Å². The van der Waals surface area contributed by atoms with E-state index in [2.05, 4.69) is 5.32 Å². The Morgan fingerprint density at radius 1 is 1.38 bits per heavy atom. The second kappa shape index (κ2) is 8.94. The summed E-state index contributed by atoms with van der Waals surface area (Å²) in [6, 6.07) is 3.24. The van der Waals surface area contributed by atoms with Crippen LogP contribution in [0.3, 0.4) is 0 Å². The quantitative estimate of drug-likeness (QED) is 0.810. The molecule has 2 N–H and O–H groups in total. The van der Waals surface area contributed by atoms with Gasteiger partial charge in [-0.1, -0.05) is 6.07 Å². The molecule has 5 nitrogen and oxygen atoms in total. The van der Waals surface area contributed by atoms with Crippen LogP contribution < -0.4 is 5.32 Å². The molecular formula is C16H21ClF2N2O3. The van der Waals surface area contributed by atoms with Gasteiger partial charge < -0.3 is 10.4 Å². The van der Waals surface area contributed by atoms with E-state index in [0.29, 0.717) is 19.5 Å². The summed E-state index contributed by atoms with van der Waals surface area (Å²) in [5.74, 6) is -2.82. The van der Waals surface area contributed by atoms with Gasteiger partial charge in [-0.3, -0.25) is 14.5 Å². The van der Waals surface area contributed by atoms with Crippen LogP contribution in [0.2, 0.25) is 0 Å². The molecule has 1 fully saturated rings. The van der Waals surface area contributed by atoms with Crippen LogP contribution >= 0.6 is 12.4 Å². The molecule has 2 rings (SSSR count). The zero-order valence-corrected chi connectivity index (χ0v) is 14.1. The molecule has 0 saturated carbocycles. The monoisotopic (exact) mass is 362 g/mol. The molecule has 24 heavy (non-hydrogen) atoms. The molecule has 8 heteroatoms. The van der Waals surface area contributed by atoms with Gasteiger partial charge in [-0.05, 0) is 38.4 Å². The van der Waals surface area contributed by atoms with Gasteiger partial charge in [-0.25, -0.2) is 8.78 Å². The Labute approximate surface area is 145 Å². The highest BCUT2D eigenvalue weighted by atomic mass is 35.5. The van der Waals surface area contributed by atoms with Gasteiger partial charge in [0.2, 0.25) is 5.91 Å². The van der Waals surface area contributed by atoms with E-state index in [-0.39, 0.29) is 36.8 Å². The first-order chi connectivity index (χ1) is 10.9. The summed E-state index contributed by atoms with van der Waals surface area (Å²) in [5, 5.41) is 11.6. The number of carbonyl (C=O) groups excluding carboxylic acids is 1. The van der Waals surface area contributed by atoms with Crippen LogP contribution in [0.5, 0.6) is 0 Å². The van der Waals surface area contributed by atoms with Gasteiger partial charge in [0.1, 0.15) is 11.6 Å². The normalized spacial score (nSPS) is 18.7. The molecule has 0 bridgehead atoms. The topological polar surface area (TPSA) is 69.6 Å². The standard InChI is InChI=1S/C16H20F2N2O3.ClH/c1-10(7-12-13(17)3-2-4-14(12)18)19-15(21)9-20-6-5-11(8-20)16(22)23;/h2-4,10-11H,5-9H2,1H3,(H,19,21)(H,22,23);1H. The Balaban J connectivity index is 0.00000288. The molecule has 1 aromatic carbocycles. The van der Waals surface area contributed by atoms with Gasteiger partial charge in [-0.15, -0.1) is 12.4 Å². The van der Waals surface area contributed by atoms with E-state index in [0.717, 1.165) is 0 Å². The summed E-state index contributed by atoms with van der Waals surface area (Å²) < 4.78 is 27.2. The fourth-order valence-electron chi connectivity index (χ4n) is 2.79. The van der Waals surface area contributed by atoms with Gasteiger partial charge in [0.05, 0.1) is 12.5 Å². The molecule has 1 aromatic rings. The maximum absolute atomic E-state index is 13.6. The third-order valence-corrected chi connectivity index (χ3v) is 3.97. The third-order valence-electron chi connectivity index (χ3n) is 3.97. The molecule has 1 aliphatic rings. The lowest BCUT2D eigenvalue weighted by Gasteiger charge is -2.18. The van der Waals surface area contributed by atoms with Crippen molar-refractivity contribution in [1.29, 1.82) is 0 Å². The van der Waals surface area contributed by atoms with E-state index in [4.69, 9.17) is 5.11 Å². The number of nitrogens with one attached hydrogen (secondary N) is 1. The fourth-order valence-corrected chi connectivity index (χ4v) is 2.79. The molecule has 2 unspecified atom stereocenters. The number of benzene rings is 1. The lowest BCUT2D eigenvalue weighted by molar-refractivity contribution is -0.141. The summed E-state index contributed by atoms with van der Waals surface area (Å²) in [5.41, 5.74) is -0.0487. The zero-order chi connectivity index (χ0) is 17.0. The van der Waals surface area contributed by atoms with Gasteiger partial charge in [-0.2, -0.15) is 0 Å². The number of likely N-dealkylation sites (tertiary alicyclic amines) is 1. The second-order valence-corrected chi connectivity index (χ2v) is 5.93. The molecule has 1 heterocycles. The van der Waals surface area contributed by atoms with E-state index < -0.39 is 29.6 Å². The predicted molar refractivity (Wildman–Crippen MR) is 87.1 cm³/mol. The summed E-state index contributed by atoms with van der Waals surface area (Å²) in [6.07, 6.45) is 0.584. The summed E-state index contributed by atoms with van der Waals surface area (Å²) in [6.45, 7) is 2.67. The zero-order valence-electron chi connectivity index (χ0n) is 13.3. The van der Waals surface area contributed by atoms with Gasteiger partial charge >= 0.3 is 5.97 Å². The van der Waals surface area contributed by atoms with Gasteiger partial charge in [0.25, 0.3) is 0 Å². The van der Waals surface area contributed by atoms with Crippen LogP contribution in [0.25, 0.3) is 0 Å². The van der Waals surface area contributed by atoms with Crippen LogP contribution in [0.4, 0.5) is 8.78 Å². The Bertz CT molecular complexity index is 580. The Kier molecular flexibility index (Phi) is 7.57. The molecule has 0 spiro atoms. The molecule has 0 radical (unpaired) electrons. The number of hydrogen-bond donors (Lipinski definition) is 2. The highest BCUT2D eigenvalue weighted by Gasteiger charge is 2.29. The van der Waals surface area contributed by atoms with E-state index >= 15 is 0 Å². The average molecular weight is 363 g/mol. The number of aliphatic carboxylic acids is 1. The van der Waals surface area contributed by atoms with Crippen molar-refractivity contribution in [2.75, 3.05) is 19.6 Å². The lowest BCUT2D eigenvalue weighted by Crippen LogP contribution is -2.41. The minimum Gasteiger partial charge on any atom is -0.481 e. The van der Waals surface area contributed by atoms with Gasteiger partial charge in [0, 0.05) is 18.2 Å². The van der Waals surface area contributed by atoms with Crippen molar-refractivity contribution in [2.24, 2.45) is 5.92 Å². The van der Waals surface area contributed by atoms with Crippen molar-refractivity contribution in [1.82, 2.24) is 10.2 Å². The molecular weight excluding hydrogens is 342 g/mol. The average Bonchev–Trinajstić information content (AvgIpc) is 2.91. The first kappa shape index (κ1) is 20.3. The second-order valence-electron chi connectivity index (χ2n) is 5.93. The molecule has 2 atom stereocenters. The lowest BCUT2D eigenvalue weighted by atomic mass is 10.1. The fraction of sp³-hybridized carbons (Fsp3) is 0.500. The minimum absolute atomic E-state index is 0. The number of halogens is 3. The molecule has 1 amide bonds. The smallest absolute Gasteiger partial charge is 0.307 e. The highest BCUT2D eigenvalue weighted by Crippen LogP contribution is 2.16. The van der Waals surface area contributed by atoms with Crippen LogP contribution in [0.1, 0.15) is 18.9 Å². The first-order valence-corrected chi connectivity index (χ1v) is 7.54. The van der Waals surface area contributed by atoms with E-state index in [1.54, 1.807) is 11.8 Å². The molecule has 1 aliphatic heterocycles. The number of carboxylic acids is 1. The van der Waals surface area contributed by atoms with E-state index in [1.807, 2.05) is 0 Å². The van der Waals surface area contributed by atoms with Crippen molar-refractivity contribution in [3.05, 3.63) is 35.4 Å². The van der Waals surface area contributed by atoms with Crippen molar-refractivity contribution in [3.8, 4) is 0 Å². The van der Waals surface area contributed by atoms with Crippen molar-refractivity contribution >= 4 is 24.3 Å². The van der Waals surface area contributed by atoms with Gasteiger partial charge in [0.15, 0.2) is 0 Å².